The first-order valence-corrected chi connectivity index (χ1v) is 5.66. The standard InChI is InChI=1S/C15H13FO2/c16-13(11-7-3-1-4-8-11)15(18)14(17)12-9-5-2-6-10-12/h1-10,13,15,18H/t13-,15+/m0/s1. The lowest BCUT2D eigenvalue weighted by molar-refractivity contribution is 0.0511. The third-order valence-electron chi connectivity index (χ3n) is 2.72. The van der Waals surface area contributed by atoms with Gasteiger partial charge in [-0.1, -0.05) is 60.7 Å². The number of alkyl halides is 1. The molecule has 0 bridgehead atoms. The molecule has 0 unspecified atom stereocenters. The number of rotatable bonds is 4. The summed E-state index contributed by atoms with van der Waals surface area (Å²) in [5, 5.41) is 9.77. The summed E-state index contributed by atoms with van der Waals surface area (Å²) >= 11 is 0. The minimum absolute atomic E-state index is 0.300. The summed E-state index contributed by atoms with van der Waals surface area (Å²) in [7, 11) is 0. The summed E-state index contributed by atoms with van der Waals surface area (Å²) < 4.78 is 14.0. The molecule has 3 heteroatoms. The fourth-order valence-corrected chi connectivity index (χ4v) is 1.73. The van der Waals surface area contributed by atoms with Gasteiger partial charge in [0.15, 0.2) is 18.1 Å². The van der Waals surface area contributed by atoms with E-state index in [0.29, 0.717) is 11.1 Å². The fourth-order valence-electron chi connectivity index (χ4n) is 1.73. The van der Waals surface area contributed by atoms with E-state index in [-0.39, 0.29) is 0 Å². The molecule has 2 aromatic rings. The van der Waals surface area contributed by atoms with Gasteiger partial charge in [-0.2, -0.15) is 0 Å². The fraction of sp³-hybridized carbons (Fsp3) is 0.133. The molecule has 0 aromatic heterocycles. The molecule has 92 valence electrons. The van der Waals surface area contributed by atoms with E-state index in [9.17, 15) is 14.3 Å². The summed E-state index contributed by atoms with van der Waals surface area (Å²) in [5.74, 6) is -0.605. The first-order valence-electron chi connectivity index (χ1n) is 5.66. The number of Topliss-reactive ketones (excluding diaryl/α,β-unsaturated/α-hetero) is 1. The van der Waals surface area contributed by atoms with Crippen LogP contribution in [0.1, 0.15) is 22.1 Å². The molecule has 2 aromatic carbocycles. The molecule has 0 radical (unpaired) electrons. The van der Waals surface area contributed by atoms with Crippen LogP contribution in [-0.4, -0.2) is 17.0 Å². The summed E-state index contributed by atoms with van der Waals surface area (Å²) in [6, 6.07) is 16.4. The molecule has 0 aliphatic carbocycles. The SMILES string of the molecule is O=C(c1ccccc1)[C@H](O)[C@@H](F)c1ccccc1. The van der Waals surface area contributed by atoms with Gasteiger partial charge in [0, 0.05) is 5.56 Å². The van der Waals surface area contributed by atoms with Crippen LogP contribution in [-0.2, 0) is 0 Å². The number of halogens is 1. The van der Waals surface area contributed by atoms with E-state index >= 15 is 0 Å². The van der Waals surface area contributed by atoms with Gasteiger partial charge < -0.3 is 5.11 Å². The summed E-state index contributed by atoms with van der Waals surface area (Å²) in [5.41, 5.74) is 0.609. The van der Waals surface area contributed by atoms with Crippen LogP contribution in [0.15, 0.2) is 60.7 Å². The smallest absolute Gasteiger partial charge is 0.194 e. The molecule has 2 atom stereocenters. The largest absolute Gasteiger partial charge is 0.381 e. The molecule has 0 spiro atoms. The van der Waals surface area contributed by atoms with Gasteiger partial charge in [0.25, 0.3) is 0 Å². The van der Waals surface area contributed by atoms with E-state index < -0.39 is 18.1 Å². The third kappa shape index (κ3) is 2.63. The lowest BCUT2D eigenvalue weighted by Gasteiger charge is -2.14. The number of hydrogen-bond acceptors (Lipinski definition) is 2. The van der Waals surface area contributed by atoms with E-state index in [4.69, 9.17) is 0 Å². The van der Waals surface area contributed by atoms with Crippen molar-refractivity contribution in [2.24, 2.45) is 0 Å². The Labute approximate surface area is 105 Å². The van der Waals surface area contributed by atoms with Gasteiger partial charge in [-0.05, 0) is 5.56 Å². The lowest BCUT2D eigenvalue weighted by atomic mass is 9.98. The number of aliphatic hydroxyl groups excluding tert-OH is 1. The van der Waals surface area contributed by atoms with Crippen LogP contribution in [0, 0.1) is 0 Å². The molecular formula is C15H13FO2. The van der Waals surface area contributed by atoms with Crippen LogP contribution in [0.25, 0.3) is 0 Å². The molecule has 0 saturated heterocycles. The molecular weight excluding hydrogens is 231 g/mol. The maximum absolute atomic E-state index is 14.0. The van der Waals surface area contributed by atoms with Crippen LogP contribution in [0.5, 0.6) is 0 Å². The Morgan fingerprint density at radius 2 is 1.44 bits per heavy atom. The van der Waals surface area contributed by atoms with Crippen molar-refractivity contribution in [2.75, 3.05) is 0 Å². The van der Waals surface area contributed by atoms with Crippen molar-refractivity contribution in [1.82, 2.24) is 0 Å². The van der Waals surface area contributed by atoms with E-state index in [2.05, 4.69) is 0 Å². The molecule has 0 heterocycles. The first-order chi connectivity index (χ1) is 8.70. The van der Waals surface area contributed by atoms with Crippen molar-refractivity contribution >= 4 is 5.78 Å². The highest BCUT2D eigenvalue weighted by atomic mass is 19.1. The van der Waals surface area contributed by atoms with Crippen molar-refractivity contribution in [3.05, 3.63) is 71.8 Å². The van der Waals surface area contributed by atoms with E-state index in [1.807, 2.05) is 0 Å². The van der Waals surface area contributed by atoms with Gasteiger partial charge in [0.05, 0.1) is 0 Å². The summed E-state index contributed by atoms with van der Waals surface area (Å²) in [4.78, 5) is 11.9. The Bertz CT molecular complexity index is 511. The second kappa shape index (κ2) is 5.56. The van der Waals surface area contributed by atoms with Crippen LogP contribution in [0.4, 0.5) is 4.39 Å². The van der Waals surface area contributed by atoms with Crippen molar-refractivity contribution in [3.8, 4) is 0 Å². The molecule has 0 aliphatic rings. The average Bonchev–Trinajstić information content (AvgIpc) is 2.47. The highest BCUT2D eigenvalue weighted by Gasteiger charge is 2.27. The van der Waals surface area contributed by atoms with Crippen molar-refractivity contribution in [2.45, 2.75) is 12.3 Å². The second-order valence-corrected chi connectivity index (χ2v) is 3.99. The number of carbonyl (C=O) groups is 1. The van der Waals surface area contributed by atoms with E-state index in [1.54, 1.807) is 60.7 Å². The zero-order valence-electron chi connectivity index (χ0n) is 9.66. The molecule has 18 heavy (non-hydrogen) atoms. The molecule has 0 saturated carbocycles. The molecule has 2 rings (SSSR count). The number of aliphatic hydroxyl groups is 1. The average molecular weight is 244 g/mol. The quantitative estimate of drug-likeness (QED) is 0.839. The Morgan fingerprint density at radius 1 is 0.944 bits per heavy atom. The van der Waals surface area contributed by atoms with Gasteiger partial charge in [0.1, 0.15) is 0 Å². The van der Waals surface area contributed by atoms with Crippen LogP contribution in [0.2, 0.25) is 0 Å². The molecule has 0 fully saturated rings. The Morgan fingerprint density at radius 3 is 2.00 bits per heavy atom. The van der Waals surface area contributed by atoms with Crippen molar-refractivity contribution < 1.29 is 14.3 Å². The summed E-state index contributed by atoms with van der Waals surface area (Å²) in [6.45, 7) is 0. The molecule has 2 nitrogen and oxygen atoms in total. The topological polar surface area (TPSA) is 37.3 Å². The third-order valence-corrected chi connectivity index (χ3v) is 2.72. The number of benzene rings is 2. The van der Waals surface area contributed by atoms with Gasteiger partial charge in [0.2, 0.25) is 0 Å². The number of hydrogen-bond donors (Lipinski definition) is 1. The predicted molar refractivity (Wildman–Crippen MR) is 67.1 cm³/mol. The Hall–Kier alpha value is -2.00. The number of ketones is 1. The lowest BCUT2D eigenvalue weighted by Crippen LogP contribution is -2.25. The van der Waals surface area contributed by atoms with Gasteiger partial charge >= 0.3 is 0 Å². The highest BCUT2D eigenvalue weighted by molar-refractivity contribution is 5.99. The minimum Gasteiger partial charge on any atom is -0.381 e. The van der Waals surface area contributed by atoms with Crippen molar-refractivity contribution in [1.29, 1.82) is 0 Å². The zero-order chi connectivity index (χ0) is 13.0. The molecule has 0 amide bonds. The normalized spacial score (nSPS) is 13.9. The summed E-state index contributed by atoms with van der Waals surface area (Å²) in [6.07, 6.45) is -3.38. The van der Waals surface area contributed by atoms with E-state index in [0.717, 1.165) is 0 Å². The second-order valence-electron chi connectivity index (χ2n) is 3.99. The monoisotopic (exact) mass is 244 g/mol. The number of carbonyl (C=O) groups excluding carboxylic acids is 1. The van der Waals surface area contributed by atoms with Gasteiger partial charge in [-0.3, -0.25) is 4.79 Å². The van der Waals surface area contributed by atoms with Crippen LogP contribution in [0.3, 0.4) is 0 Å². The van der Waals surface area contributed by atoms with Gasteiger partial charge in [-0.15, -0.1) is 0 Å². The van der Waals surface area contributed by atoms with E-state index in [1.165, 1.54) is 0 Å². The predicted octanol–water partition coefficient (Wildman–Crippen LogP) is 2.94. The Kier molecular flexibility index (Phi) is 3.85. The van der Waals surface area contributed by atoms with Crippen LogP contribution >= 0.6 is 0 Å². The zero-order valence-corrected chi connectivity index (χ0v) is 9.66. The first kappa shape index (κ1) is 12.5. The maximum Gasteiger partial charge on any atom is 0.194 e. The molecule has 1 N–H and O–H groups in total. The molecule has 0 aliphatic heterocycles. The van der Waals surface area contributed by atoms with Crippen molar-refractivity contribution in [3.63, 3.8) is 0 Å². The minimum atomic E-state index is -1.71. The highest BCUT2D eigenvalue weighted by Crippen LogP contribution is 2.23. The van der Waals surface area contributed by atoms with Crippen LogP contribution < -0.4 is 0 Å². The van der Waals surface area contributed by atoms with Gasteiger partial charge in [-0.25, -0.2) is 4.39 Å². The maximum atomic E-state index is 14.0. The Balaban J connectivity index is 2.17.